The zero-order valence-corrected chi connectivity index (χ0v) is 9.89. The Labute approximate surface area is 91.5 Å². The molecule has 0 radical (unpaired) electrons. The van der Waals surface area contributed by atoms with Gasteiger partial charge >= 0.3 is 0 Å². The summed E-state index contributed by atoms with van der Waals surface area (Å²) in [6.07, 6.45) is 1.74. The van der Waals surface area contributed by atoms with Gasteiger partial charge in [0.1, 0.15) is 5.71 Å². The number of aromatic nitrogens is 1. The normalized spacial score (nSPS) is 8.80. The highest BCUT2D eigenvalue weighted by atomic mass is 14.7. The van der Waals surface area contributed by atoms with Gasteiger partial charge in [-0.25, -0.2) is 0 Å². The molecule has 1 aromatic rings. The van der Waals surface area contributed by atoms with Crippen LogP contribution in [0.1, 0.15) is 30.7 Å². The summed E-state index contributed by atoms with van der Waals surface area (Å²) in [6, 6.07) is 1.84. The first-order valence-electron chi connectivity index (χ1n) is 4.99. The molecule has 0 atom stereocenters. The summed E-state index contributed by atoms with van der Waals surface area (Å²) in [5.41, 5.74) is 8.64. The molecule has 3 heteroatoms. The maximum atomic E-state index is 7.56. The molecule has 0 fully saturated rings. The Bertz CT molecular complexity index is 367. The molecule has 15 heavy (non-hydrogen) atoms. The van der Waals surface area contributed by atoms with Gasteiger partial charge in [0.05, 0.1) is 11.4 Å². The lowest BCUT2D eigenvalue weighted by Gasteiger charge is -2.04. The van der Waals surface area contributed by atoms with Gasteiger partial charge in [-0.05, 0) is 31.0 Å². The molecular formula is C12H19N3. The first-order valence-corrected chi connectivity index (χ1v) is 4.99. The minimum atomic E-state index is 0.197. The second-order valence-electron chi connectivity index (χ2n) is 3.05. The van der Waals surface area contributed by atoms with E-state index in [9.17, 15) is 0 Å². The number of allylic oxidation sites excluding steroid dienone is 1. The molecule has 82 valence electrons. The van der Waals surface area contributed by atoms with E-state index < -0.39 is 0 Å². The van der Waals surface area contributed by atoms with Crippen molar-refractivity contribution in [1.82, 2.24) is 4.98 Å². The van der Waals surface area contributed by atoms with Crippen LogP contribution in [0.5, 0.6) is 0 Å². The Morgan fingerprint density at radius 2 is 1.87 bits per heavy atom. The lowest BCUT2D eigenvalue weighted by atomic mass is 10.1. The average molecular weight is 205 g/mol. The fourth-order valence-electron chi connectivity index (χ4n) is 0.926. The molecule has 0 aromatic carbocycles. The Morgan fingerprint density at radius 3 is 2.27 bits per heavy atom. The van der Waals surface area contributed by atoms with Gasteiger partial charge in [0, 0.05) is 6.20 Å². The molecule has 0 unspecified atom stereocenters. The summed E-state index contributed by atoms with van der Waals surface area (Å²) in [6.45, 7) is 11.5. The van der Waals surface area contributed by atoms with Gasteiger partial charge in [0.15, 0.2) is 0 Å². The molecule has 1 rings (SSSR count). The van der Waals surface area contributed by atoms with E-state index in [4.69, 9.17) is 11.1 Å². The highest BCUT2D eigenvalue weighted by molar-refractivity contribution is 6.08. The van der Waals surface area contributed by atoms with Crippen molar-refractivity contribution in [3.8, 4) is 0 Å². The molecule has 3 nitrogen and oxygen atoms in total. The Kier molecular flexibility index (Phi) is 5.31. The van der Waals surface area contributed by atoms with Crippen LogP contribution >= 0.6 is 0 Å². The number of aryl methyl sites for hydroxylation is 2. The summed E-state index contributed by atoms with van der Waals surface area (Å²) in [5.74, 6) is 0. The molecule has 1 aromatic heterocycles. The van der Waals surface area contributed by atoms with Gasteiger partial charge in [-0.3, -0.25) is 10.4 Å². The topological polar surface area (TPSA) is 62.8 Å². The number of nitrogens with zero attached hydrogens (tertiary/aromatic N) is 1. The average Bonchev–Trinajstić information content (AvgIpc) is 2.24. The minimum absolute atomic E-state index is 0.197. The molecule has 0 spiro atoms. The van der Waals surface area contributed by atoms with Crippen molar-refractivity contribution in [2.24, 2.45) is 5.73 Å². The lowest BCUT2D eigenvalue weighted by molar-refractivity contribution is 1.18. The molecule has 0 aliphatic heterocycles. The van der Waals surface area contributed by atoms with Crippen LogP contribution in [-0.2, 0) is 0 Å². The predicted octanol–water partition coefficient (Wildman–Crippen LogP) is 2.56. The van der Waals surface area contributed by atoms with Gasteiger partial charge in [0.25, 0.3) is 0 Å². The van der Waals surface area contributed by atoms with Gasteiger partial charge < -0.3 is 5.73 Å². The van der Waals surface area contributed by atoms with Crippen LogP contribution in [0.25, 0.3) is 0 Å². The molecule has 0 saturated heterocycles. The number of pyridine rings is 1. The third kappa shape index (κ3) is 3.54. The largest absolute Gasteiger partial charge is 0.397 e. The molecule has 0 saturated carbocycles. The molecule has 0 bridgehead atoms. The van der Waals surface area contributed by atoms with E-state index in [-0.39, 0.29) is 11.4 Å². The Hall–Kier alpha value is -1.64. The van der Waals surface area contributed by atoms with Crippen LogP contribution in [0.2, 0.25) is 0 Å². The first-order chi connectivity index (χ1) is 7.02. The van der Waals surface area contributed by atoms with E-state index in [1.165, 1.54) is 0 Å². The highest BCUT2D eigenvalue weighted by Gasteiger charge is 2.04. The van der Waals surface area contributed by atoms with Crippen molar-refractivity contribution < 1.29 is 0 Å². The first kappa shape index (κ1) is 13.4. The van der Waals surface area contributed by atoms with E-state index in [2.05, 4.69) is 11.6 Å². The Morgan fingerprint density at radius 1 is 1.33 bits per heavy atom. The summed E-state index contributed by atoms with van der Waals surface area (Å²) >= 11 is 0. The monoisotopic (exact) mass is 205 g/mol. The summed E-state index contributed by atoms with van der Waals surface area (Å²) in [4.78, 5) is 4.09. The van der Waals surface area contributed by atoms with Crippen LogP contribution < -0.4 is 5.73 Å². The van der Waals surface area contributed by atoms with E-state index in [0.717, 1.165) is 11.1 Å². The minimum Gasteiger partial charge on any atom is -0.397 e. The maximum absolute atomic E-state index is 7.56. The smallest absolute Gasteiger partial charge is 0.102 e. The molecule has 1 heterocycles. The van der Waals surface area contributed by atoms with Crippen molar-refractivity contribution in [2.75, 3.05) is 0 Å². The van der Waals surface area contributed by atoms with E-state index in [1.807, 2.05) is 33.8 Å². The number of rotatable bonds is 2. The van der Waals surface area contributed by atoms with E-state index in [1.54, 1.807) is 6.20 Å². The number of hydrogen-bond donors (Lipinski definition) is 2. The van der Waals surface area contributed by atoms with Gasteiger partial charge in [-0.15, -0.1) is 0 Å². The molecule has 0 aliphatic carbocycles. The van der Waals surface area contributed by atoms with E-state index >= 15 is 0 Å². The van der Waals surface area contributed by atoms with E-state index in [0.29, 0.717) is 5.69 Å². The van der Waals surface area contributed by atoms with Crippen molar-refractivity contribution >= 4 is 5.71 Å². The van der Waals surface area contributed by atoms with Crippen molar-refractivity contribution in [3.05, 3.63) is 41.4 Å². The second-order valence-corrected chi connectivity index (χ2v) is 3.05. The van der Waals surface area contributed by atoms with Crippen LogP contribution in [0.3, 0.4) is 0 Å². The van der Waals surface area contributed by atoms with Gasteiger partial charge in [-0.1, -0.05) is 20.4 Å². The molecular weight excluding hydrogens is 186 g/mol. The van der Waals surface area contributed by atoms with Crippen LogP contribution in [-0.4, -0.2) is 10.7 Å². The quantitative estimate of drug-likeness (QED) is 0.729. The van der Waals surface area contributed by atoms with Crippen LogP contribution in [0.4, 0.5) is 0 Å². The number of hydrogen-bond acceptors (Lipinski definition) is 3. The Balaban J connectivity index is 0.000000921. The lowest BCUT2D eigenvalue weighted by Crippen LogP contribution is -2.12. The zero-order valence-electron chi connectivity index (χ0n) is 9.89. The molecule has 0 amide bonds. The SMILES string of the molecule is C=C(N)C(=N)c1cc(C)c(C)cn1.CC. The summed E-state index contributed by atoms with van der Waals surface area (Å²) in [7, 11) is 0. The van der Waals surface area contributed by atoms with Gasteiger partial charge in [-0.2, -0.15) is 0 Å². The number of nitrogens with one attached hydrogen (secondary N) is 1. The zero-order chi connectivity index (χ0) is 12.0. The standard InChI is InChI=1S/C10H13N3.C2H6/c1-6-4-9(10(12)8(3)11)13-5-7(6)2;1-2/h4-5,12H,3,11H2,1-2H3;1-2H3. The maximum Gasteiger partial charge on any atom is 0.102 e. The van der Waals surface area contributed by atoms with Crippen molar-refractivity contribution in [3.63, 3.8) is 0 Å². The predicted molar refractivity (Wildman–Crippen MR) is 65.2 cm³/mol. The van der Waals surface area contributed by atoms with Gasteiger partial charge in [0.2, 0.25) is 0 Å². The van der Waals surface area contributed by atoms with Crippen molar-refractivity contribution in [1.29, 1.82) is 5.41 Å². The third-order valence-electron chi connectivity index (χ3n) is 1.95. The molecule has 3 N–H and O–H groups in total. The van der Waals surface area contributed by atoms with Crippen LogP contribution in [0.15, 0.2) is 24.5 Å². The fraction of sp³-hybridized carbons (Fsp3) is 0.333. The fourth-order valence-corrected chi connectivity index (χ4v) is 0.926. The second kappa shape index (κ2) is 5.96. The number of nitrogens with two attached hydrogens (primary N) is 1. The molecule has 0 aliphatic rings. The third-order valence-corrected chi connectivity index (χ3v) is 1.95. The van der Waals surface area contributed by atoms with Crippen LogP contribution in [0, 0.1) is 19.3 Å². The summed E-state index contributed by atoms with van der Waals surface area (Å²) < 4.78 is 0. The highest BCUT2D eigenvalue weighted by Crippen LogP contribution is 2.08. The summed E-state index contributed by atoms with van der Waals surface area (Å²) in [5, 5.41) is 7.56. The van der Waals surface area contributed by atoms with Crippen molar-refractivity contribution in [2.45, 2.75) is 27.7 Å².